The van der Waals surface area contributed by atoms with E-state index in [0.717, 1.165) is 13.1 Å². The highest BCUT2D eigenvalue weighted by Crippen LogP contribution is 2.19. The molecule has 0 heterocycles. The van der Waals surface area contributed by atoms with Gasteiger partial charge in [0.2, 0.25) is 0 Å². The van der Waals surface area contributed by atoms with Crippen molar-refractivity contribution in [3.05, 3.63) is 96.1 Å². The van der Waals surface area contributed by atoms with E-state index in [1.165, 1.54) is 32.7 Å². The van der Waals surface area contributed by atoms with Crippen LogP contribution in [0.5, 0.6) is 0 Å². The number of hydrogen-bond donors (Lipinski definition) is 2. The molecule has 4 rings (SSSR count). The van der Waals surface area contributed by atoms with Crippen molar-refractivity contribution in [1.29, 1.82) is 0 Å². The second kappa shape index (κ2) is 11.6. The van der Waals surface area contributed by atoms with Crippen LogP contribution < -0.4 is 44.6 Å². The second-order valence-electron chi connectivity index (χ2n) is 7.84. The van der Waals surface area contributed by atoms with Crippen LogP contribution >= 0.6 is 0 Å². The molecule has 2 unspecified atom stereocenters. The summed E-state index contributed by atoms with van der Waals surface area (Å²) in [7, 11) is 0. The highest BCUT2D eigenvalue weighted by molar-refractivity contribution is 5.83. The molecule has 0 aliphatic heterocycles. The molecule has 0 saturated heterocycles. The zero-order chi connectivity index (χ0) is 19.3. The number of quaternary nitrogens is 2. The van der Waals surface area contributed by atoms with Crippen LogP contribution in [0.4, 0.5) is 0 Å². The fraction of sp³-hybridized carbons (Fsp3) is 0.231. The van der Waals surface area contributed by atoms with Crippen molar-refractivity contribution in [2.75, 3.05) is 13.1 Å². The van der Waals surface area contributed by atoms with Gasteiger partial charge in [-0.1, -0.05) is 72.8 Å². The molecule has 0 saturated carbocycles. The van der Waals surface area contributed by atoms with E-state index >= 15 is 0 Å². The third kappa shape index (κ3) is 5.92. The standard InChI is InChI=1S/C26H28N2.2BrH/c1-19(23-13-11-21-7-3-5-9-25(21)17-23)27-15-16-28-20(2)24-14-12-22-8-4-6-10-26(22)18-24;;/h3-14,17-20,27-28H,15-16H2,1-2H3;2*1H. The first-order chi connectivity index (χ1) is 13.7. The Kier molecular flexibility index (Phi) is 9.50. The van der Waals surface area contributed by atoms with E-state index in [9.17, 15) is 0 Å². The third-order valence-electron chi connectivity index (χ3n) is 5.81. The Morgan fingerprint density at radius 1 is 0.533 bits per heavy atom. The van der Waals surface area contributed by atoms with Crippen molar-refractivity contribution in [2.24, 2.45) is 0 Å². The van der Waals surface area contributed by atoms with Gasteiger partial charge in [-0.15, -0.1) is 0 Å². The number of rotatable bonds is 7. The number of benzene rings is 4. The SMILES string of the molecule is CC([NH2+]CC[NH2+]C(C)c1ccc2ccccc2c1)c1ccc2ccccc2c1.[Br-].[Br-]. The lowest BCUT2D eigenvalue weighted by Gasteiger charge is -2.14. The van der Waals surface area contributed by atoms with Crippen LogP contribution in [0, 0.1) is 0 Å². The van der Waals surface area contributed by atoms with Gasteiger partial charge in [-0.3, -0.25) is 0 Å². The van der Waals surface area contributed by atoms with Crippen molar-refractivity contribution < 1.29 is 44.6 Å². The molecule has 4 aromatic rings. The van der Waals surface area contributed by atoms with E-state index in [4.69, 9.17) is 0 Å². The summed E-state index contributed by atoms with van der Waals surface area (Å²) in [5.74, 6) is 0. The lowest BCUT2D eigenvalue weighted by Crippen LogP contribution is -3.00. The maximum Gasteiger partial charge on any atom is 0.126 e. The molecule has 0 aliphatic rings. The Morgan fingerprint density at radius 3 is 1.30 bits per heavy atom. The summed E-state index contributed by atoms with van der Waals surface area (Å²) in [5, 5.41) is 10.2. The molecule has 2 atom stereocenters. The molecule has 0 spiro atoms. The van der Waals surface area contributed by atoms with Crippen LogP contribution in [0.3, 0.4) is 0 Å². The highest BCUT2D eigenvalue weighted by atomic mass is 79.9. The van der Waals surface area contributed by atoms with Crippen LogP contribution in [0.15, 0.2) is 84.9 Å². The Morgan fingerprint density at radius 2 is 0.900 bits per heavy atom. The molecule has 30 heavy (non-hydrogen) atoms. The summed E-state index contributed by atoms with van der Waals surface area (Å²) in [4.78, 5) is 0. The molecule has 2 nitrogen and oxygen atoms in total. The first-order valence-electron chi connectivity index (χ1n) is 10.3. The van der Waals surface area contributed by atoms with Gasteiger partial charge >= 0.3 is 0 Å². The van der Waals surface area contributed by atoms with Gasteiger partial charge in [-0.25, -0.2) is 0 Å². The number of nitrogens with two attached hydrogens (primary N) is 2. The summed E-state index contributed by atoms with van der Waals surface area (Å²) in [6.07, 6.45) is 0. The van der Waals surface area contributed by atoms with Crippen molar-refractivity contribution in [3.63, 3.8) is 0 Å². The van der Waals surface area contributed by atoms with Gasteiger partial charge in [0.1, 0.15) is 25.2 Å². The van der Waals surface area contributed by atoms with E-state index in [-0.39, 0.29) is 34.0 Å². The van der Waals surface area contributed by atoms with Crippen LogP contribution in [0.25, 0.3) is 21.5 Å². The predicted molar refractivity (Wildman–Crippen MR) is 118 cm³/mol. The summed E-state index contributed by atoms with van der Waals surface area (Å²) < 4.78 is 0. The molecular weight excluding hydrogens is 500 g/mol. The van der Waals surface area contributed by atoms with Gasteiger partial charge in [-0.2, -0.15) is 0 Å². The van der Waals surface area contributed by atoms with Gasteiger partial charge in [0.05, 0.1) is 0 Å². The lowest BCUT2D eigenvalue weighted by atomic mass is 10.0. The smallest absolute Gasteiger partial charge is 0.126 e. The quantitative estimate of drug-likeness (QED) is 0.258. The highest BCUT2D eigenvalue weighted by Gasteiger charge is 2.12. The molecule has 0 fully saturated rings. The molecule has 0 aliphatic carbocycles. The van der Waals surface area contributed by atoms with E-state index in [0.29, 0.717) is 12.1 Å². The summed E-state index contributed by atoms with van der Waals surface area (Å²) in [6, 6.07) is 31.8. The van der Waals surface area contributed by atoms with Crippen molar-refractivity contribution in [2.45, 2.75) is 25.9 Å². The van der Waals surface area contributed by atoms with Gasteiger partial charge in [-0.05, 0) is 47.5 Å². The van der Waals surface area contributed by atoms with Gasteiger partial charge in [0.15, 0.2) is 0 Å². The normalized spacial score (nSPS) is 12.7. The third-order valence-corrected chi connectivity index (χ3v) is 5.81. The minimum atomic E-state index is 0. The predicted octanol–water partition coefficient (Wildman–Crippen LogP) is -2.05. The van der Waals surface area contributed by atoms with Crippen LogP contribution in [-0.4, -0.2) is 13.1 Å². The molecule has 0 radical (unpaired) electrons. The Labute approximate surface area is 200 Å². The largest absolute Gasteiger partial charge is 1.00 e. The maximum absolute atomic E-state index is 2.45. The number of fused-ring (bicyclic) bond motifs is 2. The average Bonchev–Trinajstić information content (AvgIpc) is 2.75. The zero-order valence-electron chi connectivity index (χ0n) is 17.6. The van der Waals surface area contributed by atoms with Gasteiger partial charge < -0.3 is 44.6 Å². The average molecular weight is 530 g/mol. The molecule has 4 N–H and O–H groups in total. The van der Waals surface area contributed by atoms with E-state index in [1.54, 1.807) is 0 Å². The number of hydrogen-bond acceptors (Lipinski definition) is 0. The molecule has 0 bridgehead atoms. The first-order valence-corrected chi connectivity index (χ1v) is 10.3. The minimum Gasteiger partial charge on any atom is -1.00 e. The molecular formula is C26H30Br2N2. The Hall–Kier alpha value is -1.72. The van der Waals surface area contributed by atoms with E-state index < -0.39 is 0 Å². The second-order valence-corrected chi connectivity index (χ2v) is 7.84. The maximum atomic E-state index is 2.45. The van der Waals surface area contributed by atoms with Crippen LogP contribution in [0.2, 0.25) is 0 Å². The first kappa shape index (κ1) is 24.5. The zero-order valence-corrected chi connectivity index (χ0v) is 20.7. The molecule has 4 aromatic carbocycles. The Balaban J connectivity index is 0.00000160. The summed E-state index contributed by atoms with van der Waals surface area (Å²) in [5.41, 5.74) is 2.81. The van der Waals surface area contributed by atoms with Crippen LogP contribution in [0.1, 0.15) is 37.1 Å². The topological polar surface area (TPSA) is 33.2 Å². The molecule has 4 heteroatoms. The molecule has 158 valence electrons. The van der Waals surface area contributed by atoms with Crippen molar-refractivity contribution >= 4 is 21.5 Å². The van der Waals surface area contributed by atoms with Crippen LogP contribution in [-0.2, 0) is 0 Å². The lowest BCUT2D eigenvalue weighted by molar-refractivity contribution is -0.758. The monoisotopic (exact) mass is 528 g/mol. The fourth-order valence-corrected chi connectivity index (χ4v) is 3.95. The minimum absolute atomic E-state index is 0. The molecule has 0 aromatic heterocycles. The molecule has 0 amide bonds. The van der Waals surface area contributed by atoms with Gasteiger partial charge in [0.25, 0.3) is 0 Å². The van der Waals surface area contributed by atoms with Crippen molar-refractivity contribution in [1.82, 2.24) is 0 Å². The summed E-state index contributed by atoms with van der Waals surface area (Å²) >= 11 is 0. The summed E-state index contributed by atoms with van der Waals surface area (Å²) in [6.45, 7) is 6.84. The van der Waals surface area contributed by atoms with E-state index in [1.807, 2.05) is 0 Å². The van der Waals surface area contributed by atoms with Crippen molar-refractivity contribution in [3.8, 4) is 0 Å². The Bertz CT molecular complexity index is 993. The van der Waals surface area contributed by atoms with E-state index in [2.05, 4.69) is 109 Å². The van der Waals surface area contributed by atoms with Gasteiger partial charge in [0, 0.05) is 11.1 Å². The fourth-order valence-electron chi connectivity index (χ4n) is 3.95. The number of halogens is 2.